The van der Waals surface area contributed by atoms with Crippen LogP contribution in [0.3, 0.4) is 0 Å². The van der Waals surface area contributed by atoms with Crippen molar-refractivity contribution in [3.63, 3.8) is 0 Å². The summed E-state index contributed by atoms with van der Waals surface area (Å²) in [5.41, 5.74) is 21.5. The normalized spacial score (nSPS) is 15.0. The Balaban J connectivity index is 1.16. The van der Waals surface area contributed by atoms with E-state index < -0.39 is 0 Å². The molecule has 0 unspecified atom stereocenters. The van der Waals surface area contributed by atoms with Gasteiger partial charge in [0.25, 0.3) is 0 Å². The number of hydrogen-bond donors (Lipinski definition) is 0. The molecule has 7 aromatic carbocycles. The molecule has 7 aromatic rings. The molecule has 0 aliphatic heterocycles. The molecule has 0 saturated carbocycles. The second-order valence-electron chi connectivity index (χ2n) is 14.1. The fourth-order valence-corrected chi connectivity index (χ4v) is 9.20. The molecule has 47 heavy (non-hydrogen) atoms. The molecule has 0 atom stereocenters. The van der Waals surface area contributed by atoms with E-state index in [1.54, 1.807) is 0 Å². The van der Waals surface area contributed by atoms with Gasteiger partial charge in [0.15, 0.2) is 0 Å². The van der Waals surface area contributed by atoms with Crippen LogP contribution in [0, 0.1) is 0 Å². The van der Waals surface area contributed by atoms with E-state index in [4.69, 9.17) is 0 Å². The van der Waals surface area contributed by atoms with Crippen LogP contribution in [0.25, 0.3) is 44.5 Å². The maximum atomic E-state index is 2.53. The summed E-state index contributed by atoms with van der Waals surface area (Å²) in [4.78, 5) is 0. The van der Waals surface area contributed by atoms with Gasteiger partial charge in [-0.3, -0.25) is 0 Å². The smallest absolute Gasteiger partial charge is 0.0622 e. The van der Waals surface area contributed by atoms with Crippen LogP contribution in [0.4, 0.5) is 0 Å². The zero-order chi connectivity index (χ0) is 31.3. The third-order valence-corrected chi connectivity index (χ3v) is 11.3. The lowest BCUT2D eigenvalue weighted by molar-refractivity contribution is 0.659. The van der Waals surface area contributed by atoms with E-state index in [9.17, 15) is 0 Å². The Bertz CT molecular complexity index is 2360. The van der Waals surface area contributed by atoms with Gasteiger partial charge in [-0.15, -0.1) is 0 Å². The quantitative estimate of drug-likeness (QED) is 0.190. The highest BCUT2D eigenvalue weighted by molar-refractivity contribution is 5.96. The Kier molecular flexibility index (Phi) is 5.42. The second-order valence-corrected chi connectivity index (χ2v) is 14.1. The van der Waals surface area contributed by atoms with Crippen LogP contribution < -0.4 is 0 Å². The summed E-state index contributed by atoms with van der Waals surface area (Å²) >= 11 is 0. The van der Waals surface area contributed by atoms with Crippen LogP contribution in [0.2, 0.25) is 0 Å². The lowest BCUT2D eigenvalue weighted by Gasteiger charge is -2.31. The van der Waals surface area contributed by atoms with Gasteiger partial charge in [-0.25, -0.2) is 0 Å². The van der Waals surface area contributed by atoms with Crippen molar-refractivity contribution in [2.24, 2.45) is 0 Å². The first-order chi connectivity index (χ1) is 23.0. The molecule has 3 aliphatic rings. The Morgan fingerprint density at radius 1 is 0.340 bits per heavy atom. The SMILES string of the molecule is CC1(C)c2ccccc2-c2ccc(Cc3ccc4c(c3)C3(c5ccccc5-c5ccccc53)c3cc(-c5ccccc5)ccc3-4)cc21. The molecule has 0 fully saturated rings. The van der Waals surface area contributed by atoms with Crippen LogP contribution in [-0.2, 0) is 17.3 Å². The van der Waals surface area contributed by atoms with Crippen molar-refractivity contribution in [3.8, 4) is 44.5 Å². The van der Waals surface area contributed by atoms with Crippen LogP contribution in [0.1, 0.15) is 58.4 Å². The van der Waals surface area contributed by atoms with Gasteiger partial charge >= 0.3 is 0 Å². The van der Waals surface area contributed by atoms with Gasteiger partial charge in [-0.05, 0) is 102 Å². The summed E-state index contributed by atoms with van der Waals surface area (Å²) < 4.78 is 0. The van der Waals surface area contributed by atoms with E-state index in [-0.39, 0.29) is 10.8 Å². The van der Waals surface area contributed by atoms with Crippen molar-refractivity contribution in [2.45, 2.75) is 31.1 Å². The largest absolute Gasteiger partial charge is 0.0725 e. The van der Waals surface area contributed by atoms with E-state index in [1.165, 1.54) is 89.0 Å². The van der Waals surface area contributed by atoms with Crippen molar-refractivity contribution in [3.05, 3.63) is 202 Å². The zero-order valence-electron chi connectivity index (χ0n) is 26.7. The van der Waals surface area contributed by atoms with Crippen molar-refractivity contribution in [1.82, 2.24) is 0 Å². The minimum Gasteiger partial charge on any atom is -0.0622 e. The number of fused-ring (bicyclic) bond motifs is 13. The van der Waals surface area contributed by atoms with Gasteiger partial charge in [-0.1, -0.05) is 166 Å². The molecule has 10 rings (SSSR count). The standard InChI is InChI=1S/C47H34/c1-46(2)40-17-9-6-14-34(40)37-23-20-30(27-43(37)46)26-31-21-24-38-39-25-22-33(32-12-4-3-5-13-32)29-45(39)47(44(38)28-31)41-18-10-7-15-35(41)36-16-8-11-19-42(36)47/h3-25,27-29H,26H2,1-2H3. The summed E-state index contributed by atoms with van der Waals surface area (Å²) in [6.45, 7) is 4.74. The van der Waals surface area contributed by atoms with E-state index in [0.717, 1.165) is 6.42 Å². The molecule has 1 spiro atoms. The van der Waals surface area contributed by atoms with Crippen molar-refractivity contribution < 1.29 is 0 Å². The van der Waals surface area contributed by atoms with Crippen molar-refractivity contribution >= 4 is 0 Å². The molecule has 222 valence electrons. The van der Waals surface area contributed by atoms with E-state index in [0.29, 0.717) is 0 Å². The molecular weight excluding hydrogens is 565 g/mol. The van der Waals surface area contributed by atoms with Crippen LogP contribution in [0.5, 0.6) is 0 Å². The third kappa shape index (κ3) is 3.53. The predicted octanol–water partition coefficient (Wildman–Crippen LogP) is 11.6. The van der Waals surface area contributed by atoms with Crippen LogP contribution >= 0.6 is 0 Å². The summed E-state index contributed by atoms with van der Waals surface area (Å²) in [6, 6.07) is 59.6. The van der Waals surface area contributed by atoms with Crippen molar-refractivity contribution in [1.29, 1.82) is 0 Å². The first-order valence-corrected chi connectivity index (χ1v) is 16.8. The highest BCUT2D eigenvalue weighted by Gasteiger charge is 2.51. The molecular formula is C47H34. The number of benzene rings is 7. The predicted molar refractivity (Wildman–Crippen MR) is 195 cm³/mol. The number of rotatable bonds is 3. The van der Waals surface area contributed by atoms with E-state index in [2.05, 4.69) is 172 Å². The molecule has 0 heteroatoms. The van der Waals surface area contributed by atoms with Crippen LogP contribution in [0.15, 0.2) is 158 Å². The maximum absolute atomic E-state index is 2.53. The second kappa shape index (κ2) is 9.53. The molecule has 0 N–H and O–H groups in total. The average molecular weight is 599 g/mol. The molecule has 3 aliphatic carbocycles. The zero-order valence-corrected chi connectivity index (χ0v) is 26.7. The van der Waals surface area contributed by atoms with Gasteiger partial charge in [0.05, 0.1) is 5.41 Å². The highest BCUT2D eigenvalue weighted by Crippen LogP contribution is 2.63. The first kappa shape index (κ1) is 26.7. The van der Waals surface area contributed by atoms with Crippen molar-refractivity contribution in [2.75, 3.05) is 0 Å². The van der Waals surface area contributed by atoms with Gasteiger partial charge in [-0.2, -0.15) is 0 Å². The first-order valence-electron chi connectivity index (χ1n) is 16.8. The Labute approximate surface area is 277 Å². The van der Waals surface area contributed by atoms with Gasteiger partial charge in [0.1, 0.15) is 0 Å². The molecule has 0 nitrogen and oxygen atoms in total. The lowest BCUT2D eigenvalue weighted by atomic mass is 9.70. The topological polar surface area (TPSA) is 0 Å². The minimum atomic E-state index is -0.361. The van der Waals surface area contributed by atoms with Gasteiger partial charge < -0.3 is 0 Å². The van der Waals surface area contributed by atoms with Crippen LogP contribution in [-0.4, -0.2) is 0 Å². The monoisotopic (exact) mass is 598 g/mol. The summed E-state index contributed by atoms with van der Waals surface area (Å²) in [5, 5.41) is 0. The molecule has 0 heterocycles. The van der Waals surface area contributed by atoms with Gasteiger partial charge in [0.2, 0.25) is 0 Å². The minimum absolute atomic E-state index is 0.000692. The van der Waals surface area contributed by atoms with Gasteiger partial charge in [0, 0.05) is 5.41 Å². The summed E-state index contributed by atoms with van der Waals surface area (Å²) in [7, 11) is 0. The molecule has 0 amide bonds. The fraction of sp³-hybridized carbons (Fsp3) is 0.106. The summed E-state index contributed by atoms with van der Waals surface area (Å²) in [6.07, 6.45) is 0.901. The highest BCUT2D eigenvalue weighted by atomic mass is 14.5. The fourth-order valence-electron chi connectivity index (χ4n) is 9.20. The lowest BCUT2D eigenvalue weighted by Crippen LogP contribution is -2.26. The Morgan fingerprint density at radius 2 is 0.787 bits per heavy atom. The molecule has 0 bridgehead atoms. The number of hydrogen-bond acceptors (Lipinski definition) is 0. The molecule has 0 saturated heterocycles. The van der Waals surface area contributed by atoms with E-state index >= 15 is 0 Å². The summed E-state index contributed by atoms with van der Waals surface area (Å²) in [5.74, 6) is 0. The Morgan fingerprint density at radius 3 is 1.43 bits per heavy atom. The molecule has 0 aromatic heterocycles. The third-order valence-electron chi connectivity index (χ3n) is 11.3. The average Bonchev–Trinajstić information content (AvgIpc) is 3.67. The maximum Gasteiger partial charge on any atom is 0.0725 e. The Hall–Kier alpha value is -5.46. The van der Waals surface area contributed by atoms with E-state index in [1.807, 2.05) is 0 Å². The molecule has 0 radical (unpaired) electrons.